The summed E-state index contributed by atoms with van der Waals surface area (Å²) in [6.07, 6.45) is 7.48. The van der Waals surface area contributed by atoms with Gasteiger partial charge in [-0.05, 0) is 46.4 Å². The van der Waals surface area contributed by atoms with Crippen LogP contribution in [0.1, 0.15) is 104 Å². The smallest absolute Gasteiger partial charge is 0.164 e. The fraction of sp³-hybridized carbons (Fsp3) is 0.425. The van der Waals surface area contributed by atoms with E-state index in [1.54, 1.807) is 0 Å². The summed E-state index contributed by atoms with van der Waals surface area (Å²) in [7, 11) is 0. The Morgan fingerprint density at radius 2 is 1.51 bits per heavy atom. The molecule has 5 rings (SSSR count). The Hall–Kier alpha value is -3.14. The fourth-order valence-electron chi connectivity index (χ4n) is 5.14. The maximum Gasteiger partial charge on any atom is 0.164 e. The average molecular weight is 782 g/mol. The Kier molecular flexibility index (Phi) is 11.1. The van der Waals surface area contributed by atoms with E-state index >= 15 is 0 Å². The van der Waals surface area contributed by atoms with Gasteiger partial charge >= 0.3 is 0 Å². The first-order chi connectivity index (χ1) is 20.4. The molecular weight excluding hydrogens is 733 g/mol. The largest absolute Gasteiger partial charge is 0.512 e. The molecule has 241 valence electrons. The first kappa shape index (κ1) is 36.3. The molecule has 4 aromatic rings. The number of carbonyl (C=O) groups is 1. The van der Waals surface area contributed by atoms with E-state index in [1.807, 2.05) is 53.9 Å². The molecule has 1 aliphatic carbocycles. The molecular formula is C40H49IrN2O2-. The number of hydrogen-bond donors (Lipinski definition) is 1. The molecule has 1 N–H and O–H groups in total. The van der Waals surface area contributed by atoms with Gasteiger partial charge in [0.2, 0.25) is 0 Å². The van der Waals surface area contributed by atoms with Gasteiger partial charge < -0.3 is 5.11 Å². The van der Waals surface area contributed by atoms with Gasteiger partial charge in [0.15, 0.2) is 5.78 Å². The number of aryl methyl sites for hydroxylation is 2. The minimum atomic E-state index is -0.417. The number of allylic oxidation sites excluding steroid dienone is 2. The van der Waals surface area contributed by atoms with E-state index in [0.717, 1.165) is 35.2 Å². The van der Waals surface area contributed by atoms with Crippen LogP contribution in [0.4, 0.5) is 0 Å². The minimum absolute atomic E-state index is 0. The van der Waals surface area contributed by atoms with Crippen LogP contribution in [0.5, 0.6) is 0 Å². The van der Waals surface area contributed by atoms with Crippen molar-refractivity contribution in [3.63, 3.8) is 0 Å². The molecule has 0 aliphatic heterocycles. The van der Waals surface area contributed by atoms with Crippen molar-refractivity contribution in [2.45, 2.75) is 100 Å². The number of hydrogen-bond acceptors (Lipinski definition) is 4. The Balaban J connectivity index is 0.000000338. The molecule has 0 saturated carbocycles. The van der Waals surface area contributed by atoms with E-state index in [1.165, 1.54) is 39.3 Å². The van der Waals surface area contributed by atoms with Gasteiger partial charge in [-0.15, -0.1) is 29.1 Å². The van der Waals surface area contributed by atoms with Crippen LogP contribution in [0.25, 0.3) is 33.3 Å². The average Bonchev–Trinajstić information content (AvgIpc) is 2.94. The van der Waals surface area contributed by atoms with Crippen LogP contribution >= 0.6 is 0 Å². The molecule has 0 fully saturated rings. The van der Waals surface area contributed by atoms with E-state index in [0.29, 0.717) is 5.92 Å². The molecule has 0 amide bonds. The first-order valence-corrected chi connectivity index (χ1v) is 15.8. The van der Waals surface area contributed by atoms with Crippen molar-refractivity contribution >= 4 is 16.6 Å². The van der Waals surface area contributed by atoms with Crippen molar-refractivity contribution in [1.29, 1.82) is 0 Å². The molecule has 0 spiro atoms. The van der Waals surface area contributed by atoms with E-state index in [-0.39, 0.29) is 42.5 Å². The number of aromatic nitrogens is 2. The topological polar surface area (TPSA) is 63.1 Å². The zero-order chi connectivity index (χ0) is 32.6. The maximum absolute atomic E-state index is 11.5. The predicted octanol–water partition coefficient (Wildman–Crippen LogP) is 10.4. The van der Waals surface area contributed by atoms with Crippen LogP contribution in [-0.2, 0) is 43.2 Å². The molecule has 4 nitrogen and oxygen atoms in total. The summed E-state index contributed by atoms with van der Waals surface area (Å²) in [5, 5.41) is 12.0. The van der Waals surface area contributed by atoms with E-state index < -0.39 is 5.41 Å². The summed E-state index contributed by atoms with van der Waals surface area (Å²) >= 11 is 0. The van der Waals surface area contributed by atoms with Crippen molar-refractivity contribution in [1.82, 2.24) is 9.97 Å². The molecule has 0 bridgehead atoms. The van der Waals surface area contributed by atoms with Crippen LogP contribution in [0.2, 0.25) is 0 Å². The first-order valence-electron chi connectivity index (χ1n) is 15.8. The number of carbonyl (C=O) groups excluding carboxylic acids is 1. The Bertz CT molecular complexity index is 1710. The van der Waals surface area contributed by atoms with Crippen molar-refractivity contribution < 1.29 is 30.0 Å². The summed E-state index contributed by atoms with van der Waals surface area (Å²) < 4.78 is 0. The van der Waals surface area contributed by atoms with Crippen molar-refractivity contribution in [3.05, 3.63) is 95.0 Å². The monoisotopic (exact) mass is 782 g/mol. The molecule has 5 heteroatoms. The van der Waals surface area contributed by atoms with Gasteiger partial charge in [0.05, 0.1) is 5.69 Å². The number of aliphatic hydroxyl groups is 1. The third-order valence-corrected chi connectivity index (χ3v) is 8.19. The normalized spacial score (nSPS) is 13.4. The van der Waals surface area contributed by atoms with E-state index in [9.17, 15) is 9.90 Å². The molecule has 2 aromatic carbocycles. The Morgan fingerprint density at radius 3 is 2.11 bits per heavy atom. The standard InChI is InChI=1S/C29H29N2.C11H20O2.Ir/c1-18(2)23-13-20-10-11-21-16-30-27(15-25(21)28(20)31-17-23)22-12-19-8-6-7-9-24(19)26(14-22)29(3,4)5;1-10(2,3)8(12)7-9(13)11(4,5)6;/h6-9,13-18H,10-11H2,1-5H3;7,12H,1-6H3;/q-1;;/b;8-7-;. The van der Waals surface area contributed by atoms with Crippen molar-refractivity contribution in [2.75, 3.05) is 0 Å². The van der Waals surface area contributed by atoms with Crippen LogP contribution < -0.4 is 0 Å². The molecule has 1 aliphatic rings. The maximum atomic E-state index is 11.5. The third-order valence-electron chi connectivity index (χ3n) is 8.19. The van der Waals surface area contributed by atoms with Gasteiger partial charge in [0, 0.05) is 55.1 Å². The summed E-state index contributed by atoms with van der Waals surface area (Å²) in [5.41, 5.74) is 8.93. The molecule has 45 heavy (non-hydrogen) atoms. The second-order valence-corrected chi connectivity index (χ2v) is 15.4. The second-order valence-electron chi connectivity index (χ2n) is 15.4. The zero-order valence-corrected chi connectivity index (χ0v) is 31.2. The molecule has 2 aromatic heterocycles. The summed E-state index contributed by atoms with van der Waals surface area (Å²) in [6.45, 7) is 22.4. The Morgan fingerprint density at radius 1 is 0.867 bits per heavy atom. The van der Waals surface area contributed by atoms with Crippen molar-refractivity contribution in [2.24, 2.45) is 10.8 Å². The summed E-state index contributed by atoms with van der Waals surface area (Å²) in [6, 6.07) is 19.0. The fourth-order valence-corrected chi connectivity index (χ4v) is 5.14. The third kappa shape index (κ3) is 8.57. The predicted molar refractivity (Wildman–Crippen MR) is 184 cm³/mol. The van der Waals surface area contributed by atoms with Gasteiger partial charge in [0.1, 0.15) is 5.76 Å². The minimum Gasteiger partial charge on any atom is -0.512 e. The zero-order valence-electron chi connectivity index (χ0n) is 28.8. The molecule has 0 unspecified atom stereocenters. The van der Waals surface area contributed by atoms with Crippen LogP contribution in [0, 0.1) is 16.9 Å². The number of benzene rings is 2. The Labute approximate surface area is 284 Å². The number of ketones is 1. The summed E-state index contributed by atoms with van der Waals surface area (Å²) in [5.74, 6) is 0.600. The van der Waals surface area contributed by atoms with Crippen LogP contribution in [0.15, 0.2) is 66.7 Å². The molecule has 0 atom stereocenters. The van der Waals surface area contributed by atoms with Crippen molar-refractivity contribution in [3.8, 4) is 22.5 Å². The molecule has 1 radical (unpaired) electrons. The quantitative estimate of drug-likeness (QED) is 0.128. The second kappa shape index (κ2) is 13.7. The number of fused-ring (bicyclic) bond motifs is 4. The van der Waals surface area contributed by atoms with Gasteiger partial charge in [-0.25, -0.2) is 0 Å². The SMILES string of the molecule is CC(C)(C)C(=O)/C=C(\O)C(C)(C)C.CC(C)c1cnc2c(c1)CCc1cnc(-c3[c-]c4ccccc4c(C(C)(C)C)c3)cc1-2.[Ir]. The van der Waals surface area contributed by atoms with Gasteiger partial charge in [0.25, 0.3) is 0 Å². The van der Waals surface area contributed by atoms with E-state index in [4.69, 9.17) is 9.97 Å². The molecule has 0 saturated heterocycles. The number of rotatable bonds is 3. The van der Waals surface area contributed by atoms with E-state index in [2.05, 4.69) is 83.1 Å². The van der Waals surface area contributed by atoms with Crippen LogP contribution in [-0.4, -0.2) is 20.9 Å². The summed E-state index contributed by atoms with van der Waals surface area (Å²) in [4.78, 5) is 21.2. The van der Waals surface area contributed by atoms with Gasteiger partial charge in [-0.3, -0.25) is 14.8 Å². The number of nitrogens with zero attached hydrogens (tertiary/aromatic N) is 2. The van der Waals surface area contributed by atoms with Crippen LogP contribution in [0.3, 0.4) is 0 Å². The number of aliphatic hydroxyl groups excluding tert-OH is 1. The van der Waals surface area contributed by atoms with Gasteiger partial charge in [-0.1, -0.05) is 117 Å². The molecule has 2 heterocycles. The van der Waals surface area contributed by atoms with Gasteiger partial charge in [-0.2, -0.15) is 0 Å². The number of pyridine rings is 2.